The fraction of sp³-hybridized carbons (Fsp3) is 0.533. The number of benzene rings is 1. The molecule has 2 N–H and O–H groups in total. The zero-order valence-corrected chi connectivity index (χ0v) is 11.2. The topological polar surface area (TPSA) is 50.4 Å². The monoisotopic (exact) mass is 260 g/mol. The minimum Gasteiger partial charge on any atom is -0.482 e. The van der Waals surface area contributed by atoms with Crippen molar-refractivity contribution in [2.75, 3.05) is 11.9 Å². The second-order valence-corrected chi connectivity index (χ2v) is 5.53. The van der Waals surface area contributed by atoms with Gasteiger partial charge in [0.2, 0.25) is 0 Å². The number of fused-ring (bicyclic) bond motifs is 1. The van der Waals surface area contributed by atoms with Gasteiger partial charge in [-0.25, -0.2) is 0 Å². The third kappa shape index (κ3) is 2.73. The van der Waals surface area contributed by atoms with Crippen LogP contribution in [0, 0.1) is 5.92 Å². The van der Waals surface area contributed by atoms with Crippen molar-refractivity contribution in [2.45, 2.75) is 38.8 Å². The lowest BCUT2D eigenvalue weighted by Gasteiger charge is -2.32. The Morgan fingerprint density at radius 2 is 2.32 bits per heavy atom. The summed E-state index contributed by atoms with van der Waals surface area (Å²) in [6.45, 7) is 3.21. The molecule has 4 nitrogen and oxygen atoms in total. The van der Waals surface area contributed by atoms with Crippen molar-refractivity contribution in [2.24, 2.45) is 5.92 Å². The lowest BCUT2D eigenvalue weighted by atomic mass is 9.80. The van der Waals surface area contributed by atoms with E-state index in [1.165, 1.54) is 24.8 Å². The molecule has 1 aliphatic carbocycles. The predicted molar refractivity (Wildman–Crippen MR) is 74.2 cm³/mol. The molecule has 102 valence electrons. The summed E-state index contributed by atoms with van der Waals surface area (Å²) in [4.78, 5) is 11.3. The molecule has 1 aromatic carbocycles. The zero-order valence-electron chi connectivity index (χ0n) is 11.2. The van der Waals surface area contributed by atoms with E-state index in [9.17, 15) is 4.79 Å². The molecule has 19 heavy (non-hydrogen) atoms. The Bertz CT molecular complexity index is 483. The van der Waals surface area contributed by atoms with Crippen LogP contribution in [0.25, 0.3) is 0 Å². The van der Waals surface area contributed by atoms with Crippen molar-refractivity contribution < 1.29 is 9.53 Å². The van der Waals surface area contributed by atoms with Crippen LogP contribution in [-0.2, 0) is 11.3 Å². The summed E-state index contributed by atoms with van der Waals surface area (Å²) in [7, 11) is 0. The van der Waals surface area contributed by atoms with E-state index in [-0.39, 0.29) is 12.5 Å². The van der Waals surface area contributed by atoms with Crippen molar-refractivity contribution in [3.8, 4) is 5.75 Å². The van der Waals surface area contributed by atoms with Crippen LogP contribution in [0.2, 0.25) is 0 Å². The maximum absolute atomic E-state index is 11.3. The van der Waals surface area contributed by atoms with E-state index in [1.54, 1.807) is 0 Å². The SMILES string of the molecule is CC(NCc1ccc2c(c1)NC(=O)CO2)C1CCC1. The van der Waals surface area contributed by atoms with Crippen LogP contribution in [0.15, 0.2) is 18.2 Å². The minimum atomic E-state index is -0.0829. The number of nitrogens with one attached hydrogen (secondary N) is 2. The lowest BCUT2D eigenvalue weighted by molar-refractivity contribution is -0.118. The second-order valence-electron chi connectivity index (χ2n) is 5.53. The van der Waals surface area contributed by atoms with Gasteiger partial charge in [-0.3, -0.25) is 4.79 Å². The summed E-state index contributed by atoms with van der Waals surface area (Å²) >= 11 is 0. The van der Waals surface area contributed by atoms with E-state index in [2.05, 4.69) is 23.6 Å². The second kappa shape index (κ2) is 5.21. The smallest absolute Gasteiger partial charge is 0.262 e. The number of carbonyl (C=O) groups excluding carboxylic acids is 1. The highest BCUT2D eigenvalue weighted by Crippen LogP contribution is 2.30. The van der Waals surface area contributed by atoms with E-state index in [0.717, 1.165) is 23.9 Å². The summed E-state index contributed by atoms with van der Waals surface area (Å²) < 4.78 is 5.35. The van der Waals surface area contributed by atoms with Crippen LogP contribution >= 0.6 is 0 Å². The molecular weight excluding hydrogens is 240 g/mol. The average molecular weight is 260 g/mol. The number of amides is 1. The van der Waals surface area contributed by atoms with Gasteiger partial charge < -0.3 is 15.4 Å². The average Bonchev–Trinajstić information content (AvgIpc) is 2.33. The highest BCUT2D eigenvalue weighted by Gasteiger charge is 2.23. The van der Waals surface area contributed by atoms with E-state index in [1.807, 2.05) is 12.1 Å². The first-order chi connectivity index (χ1) is 9.22. The number of ether oxygens (including phenoxy) is 1. The van der Waals surface area contributed by atoms with E-state index in [4.69, 9.17) is 4.74 Å². The third-order valence-electron chi connectivity index (χ3n) is 4.16. The number of carbonyl (C=O) groups is 1. The van der Waals surface area contributed by atoms with Gasteiger partial charge in [0.25, 0.3) is 5.91 Å². The van der Waals surface area contributed by atoms with E-state index in [0.29, 0.717) is 6.04 Å². The maximum Gasteiger partial charge on any atom is 0.262 e. The fourth-order valence-corrected chi connectivity index (χ4v) is 2.63. The van der Waals surface area contributed by atoms with Gasteiger partial charge in [-0.2, -0.15) is 0 Å². The molecule has 1 aromatic rings. The van der Waals surface area contributed by atoms with Crippen molar-refractivity contribution >= 4 is 11.6 Å². The summed E-state index contributed by atoms with van der Waals surface area (Å²) in [6, 6.07) is 6.54. The van der Waals surface area contributed by atoms with Gasteiger partial charge in [0, 0.05) is 12.6 Å². The molecule has 3 rings (SSSR count). The summed E-state index contributed by atoms with van der Waals surface area (Å²) in [5.41, 5.74) is 1.96. The molecule has 0 aromatic heterocycles. The fourth-order valence-electron chi connectivity index (χ4n) is 2.63. The highest BCUT2D eigenvalue weighted by atomic mass is 16.5. The summed E-state index contributed by atoms with van der Waals surface area (Å²) in [5.74, 6) is 1.51. The first kappa shape index (κ1) is 12.5. The van der Waals surface area contributed by atoms with Gasteiger partial charge in [0.05, 0.1) is 5.69 Å². The Morgan fingerprint density at radius 1 is 1.47 bits per heavy atom. The Hall–Kier alpha value is -1.55. The van der Waals surface area contributed by atoms with Gasteiger partial charge in [-0.05, 0) is 43.4 Å². The maximum atomic E-state index is 11.3. The van der Waals surface area contributed by atoms with Gasteiger partial charge >= 0.3 is 0 Å². The molecule has 1 amide bonds. The Kier molecular flexibility index (Phi) is 3.42. The molecule has 0 radical (unpaired) electrons. The minimum absolute atomic E-state index is 0.0829. The molecule has 0 spiro atoms. The molecule has 2 aliphatic rings. The summed E-state index contributed by atoms with van der Waals surface area (Å²) in [6.07, 6.45) is 4.07. The number of hydrogen-bond donors (Lipinski definition) is 2. The Balaban J connectivity index is 1.61. The van der Waals surface area contributed by atoms with Crippen molar-refractivity contribution in [1.29, 1.82) is 0 Å². The van der Waals surface area contributed by atoms with Crippen molar-refractivity contribution in [3.63, 3.8) is 0 Å². The number of hydrogen-bond acceptors (Lipinski definition) is 3. The van der Waals surface area contributed by atoms with Gasteiger partial charge in [-0.15, -0.1) is 0 Å². The molecule has 0 bridgehead atoms. The molecule has 1 atom stereocenters. The molecule has 0 saturated heterocycles. The normalized spacial score (nSPS) is 19.9. The first-order valence-corrected chi connectivity index (χ1v) is 7.01. The van der Waals surface area contributed by atoms with Crippen LogP contribution in [-0.4, -0.2) is 18.6 Å². The predicted octanol–water partition coefficient (Wildman–Crippen LogP) is 2.30. The quantitative estimate of drug-likeness (QED) is 0.873. The van der Waals surface area contributed by atoms with Crippen LogP contribution in [0.3, 0.4) is 0 Å². The highest BCUT2D eigenvalue weighted by molar-refractivity contribution is 5.95. The van der Waals surface area contributed by atoms with Crippen molar-refractivity contribution in [1.82, 2.24) is 5.32 Å². The van der Waals surface area contributed by atoms with Crippen LogP contribution in [0.5, 0.6) is 5.75 Å². The molecule has 1 unspecified atom stereocenters. The first-order valence-electron chi connectivity index (χ1n) is 7.01. The zero-order chi connectivity index (χ0) is 13.2. The largest absolute Gasteiger partial charge is 0.482 e. The van der Waals surface area contributed by atoms with E-state index >= 15 is 0 Å². The van der Waals surface area contributed by atoms with Gasteiger partial charge in [0.1, 0.15) is 5.75 Å². The van der Waals surface area contributed by atoms with Gasteiger partial charge in [0.15, 0.2) is 6.61 Å². The molecule has 1 saturated carbocycles. The number of anilines is 1. The van der Waals surface area contributed by atoms with Gasteiger partial charge in [-0.1, -0.05) is 12.5 Å². The van der Waals surface area contributed by atoms with Crippen LogP contribution in [0.1, 0.15) is 31.7 Å². The van der Waals surface area contributed by atoms with Crippen LogP contribution < -0.4 is 15.4 Å². The molecule has 1 fully saturated rings. The van der Waals surface area contributed by atoms with Crippen LogP contribution in [0.4, 0.5) is 5.69 Å². The Morgan fingerprint density at radius 3 is 3.05 bits per heavy atom. The van der Waals surface area contributed by atoms with Crippen molar-refractivity contribution in [3.05, 3.63) is 23.8 Å². The molecule has 1 aliphatic heterocycles. The molecule has 1 heterocycles. The standard InChI is InChI=1S/C15H20N2O2/c1-10(12-3-2-4-12)16-8-11-5-6-14-13(7-11)17-15(18)9-19-14/h5-7,10,12,16H,2-4,8-9H2,1H3,(H,17,18). The molecular formula is C15H20N2O2. The van der Waals surface area contributed by atoms with E-state index < -0.39 is 0 Å². The summed E-state index contributed by atoms with van der Waals surface area (Å²) in [5, 5.41) is 6.41. The number of rotatable bonds is 4. The lowest BCUT2D eigenvalue weighted by Crippen LogP contribution is -2.36. The molecule has 4 heteroatoms. The Labute approximate surface area is 113 Å². The third-order valence-corrected chi connectivity index (χ3v) is 4.16.